The van der Waals surface area contributed by atoms with E-state index < -0.39 is 0 Å². The number of carbonyl (C=O) groups is 1. The van der Waals surface area contributed by atoms with Gasteiger partial charge in [-0.25, -0.2) is 0 Å². The number of amides is 1. The molecule has 0 aromatic carbocycles. The van der Waals surface area contributed by atoms with E-state index in [9.17, 15) is 4.79 Å². The fraction of sp³-hybridized carbons (Fsp3) is 0.923. The van der Waals surface area contributed by atoms with Gasteiger partial charge in [0.05, 0.1) is 0 Å². The molecule has 3 nitrogen and oxygen atoms in total. The van der Waals surface area contributed by atoms with Crippen molar-refractivity contribution in [1.29, 1.82) is 0 Å². The summed E-state index contributed by atoms with van der Waals surface area (Å²) in [5, 5.41) is 0. The molecule has 1 amide bonds. The minimum absolute atomic E-state index is 0.387. The smallest absolute Gasteiger partial charge is 0.226 e. The summed E-state index contributed by atoms with van der Waals surface area (Å²) < 4.78 is 0. The maximum Gasteiger partial charge on any atom is 0.226 e. The van der Waals surface area contributed by atoms with Gasteiger partial charge in [0.1, 0.15) is 0 Å². The Balaban J connectivity index is 1.65. The van der Waals surface area contributed by atoms with Gasteiger partial charge in [-0.2, -0.15) is 0 Å². The standard InChI is InChI=1S/C13H22N2O/c1-2-15(6-5-14)13(16)12-10-8-3-4-9(7-8)11(10)12/h8-12H,2-7,14H2,1H3. The number of hydrogen-bond acceptors (Lipinski definition) is 2. The van der Waals surface area contributed by atoms with Gasteiger partial charge in [0.25, 0.3) is 0 Å². The second-order valence-corrected chi connectivity index (χ2v) is 5.72. The van der Waals surface area contributed by atoms with Gasteiger partial charge in [0.15, 0.2) is 0 Å². The maximum absolute atomic E-state index is 12.3. The number of likely N-dealkylation sites (N-methyl/N-ethyl adjacent to an activating group) is 1. The van der Waals surface area contributed by atoms with Crippen LogP contribution in [0.15, 0.2) is 0 Å². The quantitative estimate of drug-likeness (QED) is 0.774. The van der Waals surface area contributed by atoms with E-state index in [1.54, 1.807) is 0 Å². The molecule has 4 unspecified atom stereocenters. The minimum Gasteiger partial charge on any atom is -0.341 e. The van der Waals surface area contributed by atoms with Crippen LogP contribution in [0.1, 0.15) is 26.2 Å². The zero-order valence-electron chi connectivity index (χ0n) is 10.1. The molecule has 0 saturated heterocycles. The van der Waals surface area contributed by atoms with Gasteiger partial charge in [-0.05, 0) is 49.9 Å². The summed E-state index contributed by atoms with van der Waals surface area (Å²) in [6, 6.07) is 0. The van der Waals surface area contributed by atoms with Crippen molar-refractivity contribution in [2.75, 3.05) is 19.6 Å². The molecule has 3 saturated carbocycles. The maximum atomic E-state index is 12.3. The summed E-state index contributed by atoms with van der Waals surface area (Å²) in [6.07, 6.45) is 4.19. The van der Waals surface area contributed by atoms with Gasteiger partial charge in [-0.1, -0.05) is 0 Å². The molecule has 3 aliphatic rings. The molecule has 0 heterocycles. The molecule has 4 atom stereocenters. The largest absolute Gasteiger partial charge is 0.341 e. The molecular weight excluding hydrogens is 200 g/mol. The highest BCUT2D eigenvalue weighted by atomic mass is 16.2. The Morgan fingerprint density at radius 3 is 2.44 bits per heavy atom. The highest BCUT2D eigenvalue weighted by Gasteiger charge is 2.67. The minimum atomic E-state index is 0.387. The first-order valence-electron chi connectivity index (χ1n) is 6.76. The predicted octanol–water partition coefficient (Wildman–Crippen LogP) is 1.09. The third kappa shape index (κ3) is 1.33. The van der Waals surface area contributed by atoms with Crippen LogP contribution in [-0.4, -0.2) is 30.4 Å². The van der Waals surface area contributed by atoms with Gasteiger partial charge < -0.3 is 10.6 Å². The lowest BCUT2D eigenvalue weighted by atomic mass is 10.0. The molecule has 3 fully saturated rings. The van der Waals surface area contributed by atoms with Crippen LogP contribution in [0.4, 0.5) is 0 Å². The third-order valence-electron chi connectivity index (χ3n) is 5.11. The Bertz CT molecular complexity index is 288. The Morgan fingerprint density at radius 2 is 1.94 bits per heavy atom. The van der Waals surface area contributed by atoms with Crippen molar-refractivity contribution in [3.8, 4) is 0 Å². The van der Waals surface area contributed by atoms with Crippen LogP contribution >= 0.6 is 0 Å². The SMILES string of the molecule is CCN(CCN)C(=O)C1C2C3CCC(C3)C12. The van der Waals surface area contributed by atoms with Gasteiger partial charge in [0.2, 0.25) is 5.91 Å². The number of nitrogens with zero attached hydrogens (tertiary/aromatic N) is 1. The molecule has 2 bridgehead atoms. The molecular formula is C13H22N2O. The van der Waals surface area contributed by atoms with Crippen molar-refractivity contribution in [3.05, 3.63) is 0 Å². The Hall–Kier alpha value is -0.570. The van der Waals surface area contributed by atoms with E-state index in [0.29, 0.717) is 18.4 Å². The molecule has 0 radical (unpaired) electrons. The van der Waals surface area contributed by atoms with Crippen molar-refractivity contribution < 1.29 is 4.79 Å². The molecule has 2 N–H and O–H groups in total. The van der Waals surface area contributed by atoms with E-state index in [2.05, 4.69) is 6.92 Å². The first-order valence-corrected chi connectivity index (χ1v) is 6.76. The number of rotatable bonds is 4. The average molecular weight is 222 g/mol. The number of fused-ring (bicyclic) bond motifs is 5. The van der Waals surface area contributed by atoms with Gasteiger partial charge in [0, 0.05) is 25.6 Å². The number of carbonyl (C=O) groups excluding carboxylic acids is 1. The summed E-state index contributed by atoms with van der Waals surface area (Å²) in [5.74, 6) is 4.09. The molecule has 0 aromatic heterocycles. The lowest BCUT2D eigenvalue weighted by Crippen LogP contribution is -2.37. The highest BCUT2D eigenvalue weighted by molar-refractivity contribution is 5.83. The van der Waals surface area contributed by atoms with Crippen LogP contribution in [0.2, 0.25) is 0 Å². The lowest BCUT2D eigenvalue weighted by molar-refractivity contribution is -0.133. The first kappa shape index (κ1) is 10.6. The second-order valence-electron chi connectivity index (χ2n) is 5.72. The molecule has 0 spiro atoms. The van der Waals surface area contributed by atoms with Crippen LogP contribution in [-0.2, 0) is 4.79 Å². The molecule has 3 aliphatic carbocycles. The van der Waals surface area contributed by atoms with Gasteiger partial charge in [-0.15, -0.1) is 0 Å². The monoisotopic (exact) mass is 222 g/mol. The van der Waals surface area contributed by atoms with Crippen LogP contribution in [0.25, 0.3) is 0 Å². The summed E-state index contributed by atoms with van der Waals surface area (Å²) in [7, 11) is 0. The molecule has 0 aromatic rings. The third-order valence-corrected chi connectivity index (χ3v) is 5.11. The highest BCUT2D eigenvalue weighted by Crippen LogP contribution is 2.69. The molecule has 0 aliphatic heterocycles. The topological polar surface area (TPSA) is 46.3 Å². The fourth-order valence-electron chi connectivity index (χ4n) is 4.45. The van der Waals surface area contributed by atoms with Crippen molar-refractivity contribution in [1.82, 2.24) is 4.90 Å². The van der Waals surface area contributed by atoms with E-state index in [0.717, 1.165) is 36.8 Å². The summed E-state index contributed by atoms with van der Waals surface area (Å²) >= 11 is 0. The Labute approximate surface area is 97.4 Å². The molecule has 90 valence electrons. The number of nitrogens with two attached hydrogens (primary N) is 1. The first-order chi connectivity index (χ1) is 7.77. The molecule has 16 heavy (non-hydrogen) atoms. The van der Waals surface area contributed by atoms with Crippen LogP contribution in [0, 0.1) is 29.6 Å². The van der Waals surface area contributed by atoms with Gasteiger partial charge in [-0.3, -0.25) is 4.79 Å². The van der Waals surface area contributed by atoms with Crippen molar-refractivity contribution in [2.24, 2.45) is 35.3 Å². The average Bonchev–Trinajstić information content (AvgIpc) is 2.74. The van der Waals surface area contributed by atoms with E-state index in [4.69, 9.17) is 5.73 Å². The van der Waals surface area contributed by atoms with Crippen LogP contribution < -0.4 is 5.73 Å². The second kappa shape index (κ2) is 3.73. The van der Waals surface area contributed by atoms with E-state index in [1.807, 2.05) is 4.90 Å². The normalized spacial score (nSPS) is 43.2. The van der Waals surface area contributed by atoms with Crippen molar-refractivity contribution in [2.45, 2.75) is 26.2 Å². The molecule has 3 heteroatoms. The van der Waals surface area contributed by atoms with E-state index in [-0.39, 0.29) is 0 Å². The van der Waals surface area contributed by atoms with Gasteiger partial charge >= 0.3 is 0 Å². The fourth-order valence-corrected chi connectivity index (χ4v) is 4.45. The number of hydrogen-bond donors (Lipinski definition) is 1. The van der Waals surface area contributed by atoms with E-state index in [1.165, 1.54) is 19.3 Å². The van der Waals surface area contributed by atoms with Crippen molar-refractivity contribution in [3.63, 3.8) is 0 Å². The zero-order chi connectivity index (χ0) is 11.3. The predicted molar refractivity (Wildman–Crippen MR) is 62.6 cm³/mol. The lowest BCUT2D eigenvalue weighted by Gasteiger charge is -2.21. The van der Waals surface area contributed by atoms with E-state index >= 15 is 0 Å². The Morgan fingerprint density at radius 1 is 1.31 bits per heavy atom. The summed E-state index contributed by atoms with van der Waals surface area (Å²) in [5.41, 5.74) is 5.55. The zero-order valence-corrected chi connectivity index (χ0v) is 10.1. The molecule has 3 rings (SSSR count). The summed E-state index contributed by atoms with van der Waals surface area (Å²) in [4.78, 5) is 14.3. The summed E-state index contributed by atoms with van der Waals surface area (Å²) in [6.45, 7) is 4.21. The van der Waals surface area contributed by atoms with Crippen molar-refractivity contribution >= 4 is 5.91 Å². The van der Waals surface area contributed by atoms with Crippen LogP contribution in [0.3, 0.4) is 0 Å². The Kier molecular flexibility index (Phi) is 2.46. The van der Waals surface area contributed by atoms with Crippen LogP contribution in [0.5, 0.6) is 0 Å².